The summed E-state index contributed by atoms with van der Waals surface area (Å²) >= 11 is 1.25. The third kappa shape index (κ3) is 7.80. The molecule has 0 saturated carbocycles. The van der Waals surface area contributed by atoms with E-state index in [4.69, 9.17) is 0 Å². The molecule has 3 aromatic rings. The minimum absolute atomic E-state index is 0.0762. The highest BCUT2D eigenvalue weighted by Gasteiger charge is 2.20. The van der Waals surface area contributed by atoms with E-state index < -0.39 is 0 Å². The highest BCUT2D eigenvalue weighted by molar-refractivity contribution is 7.13. The van der Waals surface area contributed by atoms with E-state index in [0.29, 0.717) is 29.5 Å². The molecule has 2 aromatic heterocycles. The highest BCUT2D eigenvalue weighted by atomic mass is 32.1. The van der Waals surface area contributed by atoms with Crippen LogP contribution in [-0.2, 0) is 22.6 Å². The Hall–Kier alpha value is -3.59. The molecule has 33 heavy (non-hydrogen) atoms. The lowest BCUT2D eigenvalue weighted by molar-refractivity contribution is -0.120. The Morgan fingerprint density at radius 2 is 1.76 bits per heavy atom. The summed E-state index contributed by atoms with van der Waals surface area (Å²) < 4.78 is 0. The first-order valence-electron chi connectivity index (χ1n) is 10.6. The Morgan fingerprint density at radius 3 is 2.45 bits per heavy atom. The molecule has 0 aliphatic rings. The number of carbonyl (C=O) groups excluding carboxylic acids is 3. The fourth-order valence-corrected chi connectivity index (χ4v) is 3.86. The van der Waals surface area contributed by atoms with Crippen LogP contribution in [0, 0.1) is 5.92 Å². The van der Waals surface area contributed by atoms with Gasteiger partial charge in [-0.15, -0.1) is 11.3 Å². The van der Waals surface area contributed by atoms with Crippen molar-refractivity contribution in [2.45, 2.75) is 26.8 Å². The predicted molar refractivity (Wildman–Crippen MR) is 128 cm³/mol. The second-order valence-corrected chi connectivity index (χ2v) is 8.80. The van der Waals surface area contributed by atoms with Crippen LogP contribution in [0.2, 0.25) is 0 Å². The quantitative estimate of drug-likeness (QED) is 0.479. The van der Waals surface area contributed by atoms with Crippen LogP contribution in [-0.4, -0.2) is 45.7 Å². The van der Waals surface area contributed by atoms with Gasteiger partial charge in [0.2, 0.25) is 11.8 Å². The van der Waals surface area contributed by atoms with Gasteiger partial charge in [0, 0.05) is 36.4 Å². The van der Waals surface area contributed by atoms with E-state index in [9.17, 15) is 14.4 Å². The lowest BCUT2D eigenvalue weighted by atomic mass is 10.1. The maximum Gasteiger partial charge on any atom is 0.254 e. The average molecular weight is 466 g/mol. The number of hydrogen-bond acceptors (Lipinski definition) is 6. The number of hydrogen-bond donors (Lipinski definition) is 2. The number of nitrogens with one attached hydrogen (secondary N) is 2. The Labute approximate surface area is 197 Å². The summed E-state index contributed by atoms with van der Waals surface area (Å²) in [6.07, 6.45) is 3.46. The van der Waals surface area contributed by atoms with Gasteiger partial charge in [-0.05, 0) is 35.7 Å². The third-order valence-corrected chi connectivity index (χ3v) is 5.41. The summed E-state index contributed by atoms with van der Waals surface area (Å²) in [6.45, 7) is 4.79. The van der Waals surface area contributed by atoms with Gasteiger partial charge in [-0.25, -0.2) is 4.98 Å². The van der Waals surface area contributed by atoms with Crippen molar-refractivity contribution in [1.29, 1.82) is 0 Å². The Morgan fingerprint density at radius 1 is 1.03 bits per heavy atom. The van der Waals surface area contributed by atoms with E-state index in [0.717, 1.165) is 5.56 Å². The molecule has 8 nitrogen and oxygen atoms in total. The monoisotopic (exact) mass is 465 g/mol. The molecule has 2 N–H and O–H groups in total. The van der Waals surface area contributed by atoms with Crippen LogP contribution in [0.5, 0.6) is 0 Å². The van der Waals surface area contributed by atoms with Crippen LogP contribution >= 0.6 is 11.3 Å². The van der Waals surface area contributed by atoms with Crippen molar-refractivity contribution in [3.8, 4) is 0 Å². The Kier molecular flexibility index (Phi) is 8.65. The second kappa shape index (κ2) is 11.9. The lowest BCUT2D eigenvalue weighted by Crippen LogP contribution is -2.40. The molecule has 172 valence electrons. The van der Waals surface area contributed by atoms with Crippen LogP contribution < -0.4 is 10.6 Å². The topological polar surface area (TPSA) is 104 Å². The highest BCUT2D eigenvalue weighted by Crippen LogP contribution is 2.16. The van der Waals surface area contributed by atoms with Crippen LogP contribution in [0.4, 0.5) is 5.13 Å². The summed E-state index contributed by atoms with van der Waals surface area (Å²) in [5, 5.41) is 7.71. The Balaban J connectivity index is 1.53. The van der Waals surface area contributed by atoms with E-state index >= 15 is 0 Å². The van der Waals surface area contributed by atoms with Gasteiger partial charge in [-0.3, -0.25) is 19.4 Å². The molecule has 3 amide bonds. The van der Waals surface area contributed by atoms with Crippen LogP contribution in [0.15, 0.2) is 60.2 Å². The van der Waals surface area contributed by atoms with Gasteiger partial charge in [-0.2, -0.15) is 0 Å². The predicted octanol–water partition coefficient (Wildman–Crippen LogP) is 3.13. The first kappa shape index (κ1) is 24.1. The van der Waals surface area contributed by atoms with Crippen molar-refractivity contribution < 1.29 is 14.4 Å². The molecule has 0 bridgehead atoms. The molecular formula is C24H27N5O3S. The zero-order valence-electron chi connectivity index (χ0n) is 18.7. The number of amides is 3. The first-order valence-corrected chi connectivity index (χ1v) is 11.5. The van der Waals surface area contributed by atoms with Gasteiger partial charge < -0.3 is 15.5 Å². The van der Waals surface area contributed by atoms with E-state index in [2.05, 4.69) is 20.6 Å². The lowest BCUT2D eigenvalue weighted by Gasteiger charge is -2.24. The SMILES string of the molecule is CC(C)CN(CC(=O)Nc1nc(CC(=O)NCc2ccncc2)cs1)C(=O)c1ccccc1. The molecule has 0 radical (unpaired) electrons. The summed E-state index contributed by atoms with van der Waals surface area (Å²) in [7, 11) is 0. The molecule has 0 saturated heterocycles. The summed E-state index contributed by atoms with van der Waals surface area (Å²) in [6, 6.07) is 12.6. The van der Waals surface area contributed by atoms with Gasteiger partial charge in [0.25, 0.3) is 5.91 Å². The number of anilines is 1. The fourth-order valence-electron chi connectivity index (χ4n) is 3.13. The van der Waals surface area contributed by atoms with Crippen molar-refractivity contribution >= 4 is 34.2 Å². The van der Waals surface area contributed by atoms with E-state index in [1.165, 1.54) is 16.2 Å². The smallest absolute Gasteiger partial charge is 0.254 e. The first-order chi connectivity index (χ1) is 15.9. The van der Waals surface area contributed by atoms with E-state index in [-0.39, 0.29) is 36.6 Å². The largest absolute Gasteiger partial charge is 0.352 e. The van der Waals surface area contributed by atoms with Crippen molar-refractivity contribution in [2.75, 3.05) is 18.4 Å². The minimum Gasteiger partial charge on any atom is -0.352 e. The fraction of sp³-hybridized carbons (Fsp3) is 0.292. The zero-order chi connectivity index (χ0) is 23.6. The van der Waals surface area contributed by atoms with Crippen LogP contribution in [0.25, 0.3) is 0 Å². The molecule has 2 heterocycles. The number of rotatable bonds is 10. The zero-order valence-corrected chi connectivity index (χ0v) is 19.5. The van der Waals surface area contributed by atoms with Crippen molar-refractivity contribution in [1.82, 2.24) is 20.2 Å². The number of benzene rings is 1. The summed E-state index contributed by atoms with van der Waals surface area (Å²) in [5.41, 5.74) is 2.07. The number of pyridine rings is 1. The maximum atomic E-state index is 12.8. The molecule has 0 spiro atoms. The van der Waals surface area contributed by atoms with E-state index in [1.54, 1.807) is 42.0 Å². The van der Waals surface area contributed by atoms with Crippen molar-refractivity contribution in [3.63, 3.8) is 0 Å². The molecule has 0 unspecified atom stereocenters. The summed E-state index contributed by atoms with van der Waals surface area (Å²) in [4.78, 5) is 47.4. The normalized spacial score (nSPS) is 10.6. The number of aromatic nitrogens is 2. The number of thiazole rings is 1. The van der Waals surface area contributed by atoms with Crippen molar-refractivity contribution in [3.05, 3.63) is 77.1 Å². The van der Waals surface area contributed by atoms with Crippen LogP contribution in [0.3, 0.4) is 0 Å². The van der Waals surface area contributed by atoms with Gasteiger partial charge in [-0.1, -0.05) is 32.0 Å². The van der Waals surface area contributed by atoms with Gasteiger partial charge >= 0.3 is 0 Å². The molecule has 0 aliphatic carbocycles. The Bertz CT molecular complexity index is 1070. The number of carbonyl (C=O) groups is 3. The maximum absolute atomic E-state index is 12.8. The minimum atomic E-state index is -0.331. The second-order valence-electron chi connectivity index (χ2n) is 7.95. The molecule has 0 atom stereocenters. The summed E-state index contributed by atoms with van der Waals surface area (Å²) in [5.74, 6) is -0.470. The van der Waals surface area contributed by atoms with Gasteiger partial charge in [0.15, 0.2) is 5.13 Å². The van der Waals surface area contributed by atoms with Crippen LogP contribution in [0.1, 0.15) is 35.5 Å². The standard InChI is InChI=1S/C24H27N5O3S/c1-17(2)14-29(23(32)19-6-4-3-5-7-19)15-22(31)28-24-27-20(16-33-24)12-21(30)26-13-18-8-10-25-11-9-18/h3-11,16-17H,12-15H2,1-2H3,(H,26,30)(H,27,28,31). The molecule has 9 heteroatoms. The van der Waals surface area contributed by atoms with Gasteiger partial charge in [0.05, 0.1) is 12.1 Å². The number of nitrogens with zero attached hydrogens (tertiary/aromatic N) is 3. The molecule has 1 aromatic carbocycles. The molecule has 3 rings (SSSR count). The van der Waals surface area contributed by atoms with Gasteiger partial charge in [0.1, 0.15) is 6.54 Å². The third-order valence-electron chi connectivity index (χ3n) is 4.61. The average Bonchev–Trinajstić information content (AvgIpc) is 3.24. The van der Waals surface area contributed by atoms with Crippen molar-refractivity contribution in [2.24, 2.45) is 5.92 Å². The van der Waals surface area contributed by atoms with E-state index in [1.807, 2.05) is 32.0 Å². The molecule has 0 aliphatic heterocycles. The molecular weight excluding hydrogens is 438 g/mol. The molecule has 0 fully saturated rings.